The van der Waals surface area contributed by atoms with Gasteiger partial charge in [-0.05, 0) is 69.4 Å². The van der Waals surface area contributed by atoms with E-state index in [4.69, 9.17) is 5.73 Å². The molecule has 0 aliphatic rings. The Bertz CT molecular complexity index is 344. The summed E-state index contributed by atoms with van der Waals surface area (Å²) in [6.07, 6.45) is 2.27. The van der Waals surface area contributed by atoms with Crippen LogP contribution in [0.1, 0.15) is 35.6 Å². The zero-order valence-corrected chi connectivity index (χ0v) is 12.3. The smallest absolute Gasteiger partial charge is 0.000803 e. The van der Waals surface area contributed by atoms with Crippen molar-refractivity contribution < 1.29 is 0 Å². The zero-order chi connectivity index (χ0) is 13.5. The highest BCUT2D eigenvalue weighted by molar-refractivity contribution is 5.37. The molecule has 102 valence electrons. The molecule has 1 aromatic rings. The molecule has 0 saturated carbocycles. The number of hydrogen-bond acceptors (Lipinski definition) is 2. The molecule has 18 heavy (non-hydrogen) atoms. The Balaban J connectivity index is 2.44. The molecule has 0 aromatic heterocycles. The summed E-state index contributed by atoms with van der Waals surface area (Å²) in [7, 11) is 0. The summed E-state index contributed by atoms with van der Waals surface area (Å²) < 4.78 is 0. The number of nitrogens with two attached hydrogens (primary N) is 1. The van der Waals surface area contributed by atoms with Crippen molar-refractivity contribution in [3.8, 4) is 0 Å². The second-order valence-electron chi connectivity index (χ2n) is 5.34. The van der Waals surface area contributed by atoms with Gasteiger partial charge in [0.1, 0.15) is 0 Å². The third-order valence-electron chi connectivity index (χ3n) is 3.74. The Morgan fingerprint density at radius 1 is 1.17 bits per heavy atom. The van der Waals surface area contributed by atoms with E-state index in [1.165, 1.54) is 22.3 Å². The Labute approximate surface area is 112 Å². The van der Waals surface area contributed by atoms with Crippen molar-refractivity contribution in [1.82, 2.24) is 5.32 Å². The SMILES string of the molecule is CCC(CN)CNCCc1c(C)cc(C)cc1C. The quantitative estimate of drug-likeness (QED) is 0.728. The van der Waals surface area contributed by atoms with Gasteiger partial charge >= 0.3 is 0 Å². The Morgan fingerprint density at radius 3 is 2.28 bits per heavy atom. The molecule has 2 nitrogen and oxygen atoms in total. The second kappa shape index (κ2) is 7.55. The highest BCUT2D eigenvalue weighted by Gasteiger charge is 2.05. The van der Waals surface area contributed by atoms with Gasteiger partial charge in [0, 0.05) is 0 Å². The van der Waals surface area contributed by atoms with Crippen LogP contribution in [0.15, 0.2) is 12.1 Å². The summed E-state index contributed by atoms with van der Waals surface area (Å²) in [6, 6.07) is 4.55. The van der Waals surface area contributed by atoms with Crippen LogP contribution in [0.4, 0.5) is 0 Å². The van der Waals surface area contributed by atoms with E-state index in [1.54, 1.807) is 0 Å². The van der Waals surface area contributed by atoms with E-state index in [1.807, 2.05) is 0 Å². The summed E-state index contributed by atoms with van der Waals surface area (Å²) in [4.78, 5) is 0. The van der Waals surface area contributed by atoms with Gasteiger partial charge in [0.05, 0.1) is 0 Å². The number of rotatable bonds is 7. The molecule has 0 radical (unpaired) electrons. The van der Waals surface area contributed by atoms with Crippen molar-refractivity contribution in [2.75, 3.05) is 19.6 Å². The maximum atomic E-state index is 5.70. The Morgan fingerprint density at radius 2 is 1.78 bits per heavy atom. The molecule has 1 aromatic carbocycles. The van der Waals surface area contributed by atoms with E-state index in [0.717, 1.165) is 32.5 Å². The first-order valence-electron chi connectivity index (χ1n) is 7.06. The lowest BCUT2D eigenvalue weighted by molar-refractivity contribution is 0.473. The molecule has 0 fully saturated rings. The molecular formula is C16H28N2. The van der Waals surface area contributed by atoms with Crippen molar-refractivity contribution in [3.05, 3.63) is 34.4 Å². The highest BCUT2D eigenvalue weighted by atomic mass is 14.9. The van der Waals surface area contributed by atoms with Crippen LogP contribution in [-0.4, -0.2) is 19.6 Å². The van der Waals surface area contributed by atoms with Crippen molar-refractivity contribution in [1.29, 1.82) is 0 Å². The molecule has 0 amide bonds. The van der Waals surface area contributed by atoms with E-state index in [2.05, 4.69) is 45.1 Å². The van der Waals surface area contributed by atoms with Crippen molar-refractivity contribution >= 4 is 0 Å². The third-order valence-corrected chi connectivity index (χ3v) is 3.74. The molecule has 0 saturated heterocycles. The van der Waals surface area contributed by atoms with Crippen LogP contribution in [0.5, 0.6) is 0 Å². The Kier molecular flexibility index (Phi) is 6.37. The van der Waals surface area contributed by atoms with Gasteiger partial charge in [-0.1, -0.05) is 31.0 Å². The number of benzene rings is 1. The molecule has 3 N–H and O–H groups in total. The maximum absolute atomic E-state index is 5.70. The summed E-state index contributed by atoms with van der Waals surface area (Å²) in [6.45, 7) is 11.7. The summed E-state index contributed by atoms with van der Waals surface area (Å²) in [5.41, 5.74) is 11.4. The maximum Gasteiger partial charge on any atom is -0.000803 e. The average Bonchev–Trinajstić information content (AvgIpc) is 2.32. The van der Waals surface area contributed by atoms with Crippen LogP contribution in [-0.2, 0) is 6.42 Å². The summed E-state index contributed by atoms with van der Waals surface area (Å²) in [5.74, 6) is 0.616. The molecule has 0 heterocycles. The Hall–Kier alpha value is -0.860. The van der Waals surface area contributed by atoms with Gasteiger partial charge < -0.3 is 11.1 Å². The van der Waals surface area contributed by atoms with Gasteiger partial charge in [-0.3, -0.25) is 0 Å². The molecule has 1 rings (SSSR count). The zero-order valence-electron chi connectivity index (χ0n) is 12.3. The lowest BCUT2D eigenvalue weighted by atomic mass is 9.97. The molecule has 1 atom stereocenters. The van der Waals surface area contributed by atoms with Crippen LogP contribution >= 0.6 is 0 Å². The first-order valence-corrected chi connectivity index (χ1v) is 7.06. The third kappa shape index (κ3) is 4.43. The highest BCUT2D eigenvalue weighted by Crippen LogP contribution is 2.16. The van der Waals surface area contributed by atoms with Crippen LogP contribution in [0, 0.1) is 26.7 Å². The van der Waals surface area contributed by atoms with Gasteiger partial charge in [0.2, 0.25) is 0 Å². The van der Waals surface area contributed by atoms with E-state index < -0.39 is 0 Å². The minimum atomic E-state index is 0.616. The predicted octanol–water partition coefficient (Wildman–Crippen LogP) is 2.73. The first-order chi connectivity index (χ1) is 8.58. The fourth-order valence-corrected chi connectivity index (χ4v) is 2.52. The van der Waals surface area contributed by atoms with Crippen LogP contribution in [0.3, 0.4) is 0 Å². The second-order valence-corrected chi connectivity index (χ2v) is 5.34. The molecule has 0 spiro atoms. The minimum absolute atomic E-state index is 0.616. The van der Waals surface area contributed by atoms with Gasteiger partial charge in [-0.25, -0.2) is 0 Å². The fourth-order valence-electron chi connectivity index (χ4n) is 2.52. The number of nitrogens with one attached hydrogen (secondary N) is 1. The molecular weight excluding hydrogens is 220 g/mol. The van der Waals surface area contributed by atoms with Gasteiger partial charge in [0.25, 0.3) is 0 Å². The molecule has 2 heteroatoms. The van der Waals surface area contributed by atoms with E-state index in [9.17, 15) is 0 Å². The largest absolute Gasteiger partial charge is 0.330 e. The average molecular weight is 248 g/mol. The minimum Gasteiger partial charge on any atom is -0.330 e. The van der Waals surface area contributed by atoms with E-state index in [-0.39, 0.29) is 0 Å². The van der Waals surface area contributed by atoms with Crippen molar-refractivity contribution in [2.45, 2.75) is 40.5 Å². The van der Waals surface area contributed by atoms with Crippen molar-refractivity contribution in [3.63, 3.8) is 0 Å². The number of hydrogen-bond donors (Lipinski definition) is 2. The van der Waals surface area contributed by atoms with Gasteiger partial charge in [-0.15, -0.1) is 0 Å². The van der Waals surface area contributed by atoms with Gasteiger partial charge in [-0.2, -0.15) is 0 Å². The van der Waals surface area contributed by atoms with E-state index >= 15 is 0 Å². The summed E-state index contributed by atoms with van der Waals surface area (Å²) in [5, 5.41) is 3.52. The molecule has 0 aliphatic heterocycles. The first kappa shape index (κ1) is 15.2. The molecule has 0 aliphatic carbocycles. The fraction of sp³-hybridized carbons (Fsp3) is 0.625. The molecule has 0 bridgehead atoms. The lowest BCUT2D eigenvalue weighted by Crippen LogP contribution is -2.29. The van der Waals surface area contributed by atoms with Gasteiger partial charge in [0.15, 0.2) is 0 Å². The number of aryl methyl sites for hydroxylation is 3. The predicted molar refractivity (Wildman–Crippen MR) is 80.1 cm³/mol. The van der Waals surface area contributed by atoms with Crippen LogP contribution < -0.4 is 11.1 Å². The summed E-state index contributed by atoms with van der Waals surface area (Å²) >= 11 is 0. The lowest BCUT2D eigenvalue weighted by Gasteiger charge is -2.15. The topological polar surface area (TPSA) is 38.0 Å². The standard InChI is InChI=1S/C16H28N2/c1-5-15(10-17)11-18-7-6-16-13(3)8-12(2)9-14(16)4/h8-9,15,18H,5-7,10-11,17H2,1-4H3. The van der Waals surface area contributed by atoms with Crippen LogP contribution in [0.25, 0.3) is 0 Å². The normalized spacial score (nSPS) is 12.7. The monoisotopic (exact) mass is 248 g/mol. The van der Waals surface area contributed by atoms with E-state index in [0.29, 0.717) is 5.92 Å². The van der Waals surface area contributed by atoms with Crippen LogP contribution in [0.2, 0.25) is 0 Å². The molecule has 1 unspecified atom stereocenters. The van der Waals surface area contributed by atoms with Crippen molar-refractivity contribution in [2.24, 2.45) is 11.7 Å².